The van der Waals surface area contributed by atoms with Crippen LogP contribution in [0.5, 0.6) is 0 Å². The van der Waals surface area contributed by atoms with Gasteiger partial charge in [-0.25, -0.2) is 9.97 Å². The number of hydrogen-bond acceptors (Lipinski definition) is 5. The van der Waals surface area contributed by atoms with Gasteiger partial charge < -0.3 is 10.1 Å². The molecule has 1 unspecified atom stereocenters. The van der Waals surface area contributed by atoms with Crippen LogP contribution in [0.1, 0.15) is 17.2 Å². The molecule has 0 aliphatic heterocycles. The number of fused-ring (bicyclic) bond motifs is 1. The topological polar surface area (TPSA) is 59.9 Å². The third-order valence-electron chi connectivity index (χ3n) is 3.71. The van der Waals surface area contributed by atoms with Crippen molar-refractivity contribution in [3.05, 3.63) is 60.2 Å². The zero-order valence-electron chi connectivity index (χ0n) is 12.7. The van der Waals surface area contributed by atoms with Gasteiger partial charge in [0.05, 0.1) is 17.8 Å². The monoisotopic (exact) mass is 294 g/mol. The molecule has 0 aliphatic rings. The van der Waals surface area contributed by atoms with E-state index in [-0.39, 0.29) is 6.10 Å². The number of ether oxygens (including phenoxy) is 1. The first-order valence-electron chi connectivity index (χ1n) is 7.16. The molecule has 5 nitrogen and oxygen atoms in total. The molecule has 22 heavy (non-hydrogen) atoms. The van der Waals surface area contributed by atoms with E-state index in [2.05, 4.69) is 39.3 Å². The SMILES string of the molecule is COC(CNc1ncnc2cnccc12)c1ccccc1C. The molecule has 0 amide bonds. The van der Waals surface area contributed by atoms with Crippen LogP contribution in [0.15, 0.2) is 49.1 Å². The van der Waals surface area contributed by atoms with Crippen molar-refractivity contribution in [1.82, 2.24) is 15.0 Å². The number of nitrogens with one attached hydrogen (secondary N) is 1. The fraction of sp³-hybridized carbons (Fsp3) is 0.235. The second-order valence-electron chi connectivity index (χ2n) is 5.08. The fourth-order valence-electron chi connectivity index (χ4n) is 2.51. The molecule has 1 aromatic carbocycles. The van der Waals surface area contributed by atoms with Crippen LogP contribution in [0.4, 0.5) is 5.82 Å². The Morgan fingerprint density at radius 1 is 1.18 bits per heavy atom. The molecule has 5 heteroatoms. The van der Waals surface area contributed by atoms with E-state index in [1.54, 1.807) is 25.8 Å². The molecule has 0 bridgehead atoms. The van der Waals surface area contributed by atoms with Gasteiger partial charge in [-0.2, -0.15) is 0 Å². The molecule has 112 valence electrons. The molecule has 0 saturated heterocycles. The Balaban J connectivity index is 1.82. The van der Waals surface area contributed by atoms with Crippen molar-refractivity contribution in [1.29, 1.82) is 0 Å². The second-order valence-corrected chi connectivity index (χ2v) is 5.08. The highest BCUT2D eigenvalue weighted by Crippen LogP contribution is 2.23. The summed E-state index contributed by atoms with van der Waals surface area (Å²) in [7, 11) is 1.72. The summed E-state index contributed by atoms with van der Waals surface area (Å²) in [6, 6.07) is 10.2. The van der Waals surface area contributed by atoms with Crippen molar-refractivity contribution in [2.24, 2.45) is 0 Å². The largest absolute Gasteiger partial charge is 0.375 e. The average Bonchev–Trinajstić information content (AvgIpc) is 2.57. The van der Waals surface area contributed by atoms with Crippen molar-refractivity contribution in [3.8, 4) is 0 Å². The maximum Gasteiger partial charge on any atom is 0.137 e. The van der Waals surface area contributed by atoms with Crippen LogP contribution in [0.3, 0.4) is 0 Å². The third-order valence-corrected chi connectivity index (χ3v) is 3.71. The number of methoxy groups -OCH3 is 1. The van der Waals surface area contributed by atoms with Gasteiger partial charge in [0.25, 0.3) is 0 Å². The maximum atomic E-state index is 5.63. The van der Waals surface area contributed by atoms with Crippen molar-refractivity contribution in [3.63, 3.8) is 0 Å². The van der Waals surface area contributed by atoms with Gasteiger partial charge in [0.1, 0.15) is 12.1 Å². The number of rotatable bonds is 5. The van der Waals surface area contributed by atoms with Gasteiger partial charge in [0.2, 0.25) is 0 Å². The maximum absolute atomic E-state index is 5.63. The molecule has 2 aromatic heterocycles. The van der Waals surface area contributed by atoms with E-state index in [1.807, 2.05) is 18.2 Å². The first kappa shape index (κ1) is 14.4. The first-order valence-corrected chi connectivity index (χ1v) is 7.16. The molecular formula is C17H18N4O. The average molecular weight is 294 g/mol. The van der Waals surface area contributed by atoms with Crippen molar-refractivity contribution >= 4 is 16.7 Å². The molecule has 0 aliphatic carbocycles. The number of hydrogen-bond donors (Lipinski definition) is 1. The minimum Gasteiger partial charge on any atom is -0.375 e. The van der Waals surface area contributed by atoms with Crippen molar-refractivity contribution in [2.75, 3.05) is 19.0 Å². The number of pyridine rings is 1. The predicted molar refractivity (Wildman–Crippen MR) is 86.8 cm³/mol. The molecule has 0 fully saturated rings. The lowest BCUT2D eigenvalue weighted by atomic mass is 10.0. The van der Waals surface area contributed by atoms with Gasteiger partial charge >= 0.3 is 0 Å². The molecule has 0 spiro atoms. The summed E-state index contributed by atoms with van der Waals surface area (Å²) in [6.45, 7) is 2.73. The van der Waals surface area contributed by atoms with E-state index in [9.17, 15) is 0 Å². The van der Waals surface area contributed by atoms with E-state index in [0.717, 1.165) is 16.7 Å². The van der Waals surface area contributed by atoms with Gasteiger partial charge in [-0.05, 0) is 24.1 Å². The number of anilines is 1. The Hall–Kier alpha value is -2.53. The smallest absolute Gasteiger partial charge is 0.137 e. The first-order chi connectivity index (χ1) is 10.8. The Labute approximate surface area is 129 Å². The zero-order chi connectivity index (χ0) is 15.4. The summed E-state index contributed by atoms with van der Waals surface area (Å²) >= 11 is 0. The lowest BCUT2D eigenvalue weighted by Gasteiger charge is -2.19. The Bertz CT molecular complexity index is 770. The van der Waals surface area contributed by atoms with Crippen LogP contribution in [-0.2, 0) is 4.74 Å². The second kappa shape index (κ2) is 6.49. The van der Waals surface area contributed by atoms with Crippen LogP contribution in [0.25, 0.3) is 10.9 Å². The molecule has 3 rings (SSSR count). The lowest BCUT2D eigenvalue weighted by molar-refractivity contribution is 0.113. The van der Waals surface area contributed by atoms with E-state index < -0.39 is 0 Å². The van der Waals surface area contributed by atoms with Gasteiger partial charge in [0, 0.05) is 25.2 Å². The molecule has 0 radical (unpaired) electrons. The minimum absolute atomic E-state index is 0.0342. The Morgan fingerprint density at radius 3 is 2.86 bits per heavy atom. The normalized spacial score (nSPS) is 12.3. The van der Waals surface area contributed by atoms with Gasteiger partial charge in [-0.1, -0.05) is 24.3 Å². The standard InChI is InChI=1S/C17H18N4O/c1-12-5-3-4-6-13(12)16(22-2)10-19-17-14-7-8-18-9-15(14)20-11-21-17/h3-9,11,16H,10H2,1-2H3,(H,19,20,21). The Kier molecular flexibility index (Phi) is 4.25. The molecule has 2 heterocycles. The summed E-state index contributed by atoms with van der Waals surface area (Å²) in [6.07, 6.45) is 4.98. The molecule has 0 saturated carbocycles. The van der Waals surface area contributed by atoms with Crippen molar-refractivity contribution in [2.45, 2.75) is 13.0 Å². The third kappa shape index (κ3) is 2.89. The highest BCUT2D eigenvalue weighted by Gasteiger charge is 2.13. The van der Waals surface area contributed by atoms with Crippen LogP contribution >= 0.6 is 0 Å². The quantitative estimate of drug-likeness (QED) is 0.783. The predicted octanol–water partition coefficient (Wildman–Crippen LogP) is 3.13. The van der Waals surface area contributed by atoms with Crippen LogP contribution in [0, 0.1) is 6.92 Å². The van der Waals surface area contributed by atoms with E-state index in [4.69, 9.17) is 4.74 Å². The van der Waals surface area contributed by atoms with Gasteiger partial charge in [-0.15, -0.1) is 0 Å². The molecule has 1 atom stereocenters. The van der Waals surface area contributed by atoms with Crippen LogP contribution in [-0.4, -0.2) is 28.6 Å². The number of aromatic nitrogens is 3. The minimum atomic E-state index is -0.0342. The zero-order valence-corrected chi connectivity index (χ0v) is 12.7. The summed E-state index contributed by atoms with van der Waals surface area (Å²) in [5.41, 5.74) is 3.22. The van der Waals surface area contributed by atoms with Crippen molar-refractivity contribution < 1.29 is 4.74 Å². The summed E-state index contributed by atoms with van der Waals surface area (Å²) < 4.78 is 5.63. The highest BCUT2D eigenvalue weighted by molar-refractivity contribution is 5.87. The Morgan fingerprint density at radius 2 is 2.05 bits per heavy atom. The molecular weight excluding hydrogens is 276 g/mol. The summed E-state index contributed by atoms with van der Waals surface area (Å²) in [5.74, 6) is 0.794. The van der Waals surface area contributed by atoms with Gasteiger partial charge in [0.15, 0.2) is 0 Å². The molecule has 3 aromatic rings. The summed E-state index contributed by atoms with van der Waals surface area (Å²) in [4.78, 5) is 12.6. The molecule has 1 N–H and O–H groups in total. The number of benzene rings is 1. The fourth-order valence-corrected chi connectivity index (χ4v) is 2.51. The summed E-state index contributed by atoms with van der Waals surface area (Å²) in [5, 5.41) is 4.32. The van der Waals surface area contributed by atoms with Crippen LogP contribution in [0.2, 0.25) is 0 Å². The van der Waals surface area contributed by atoms with Crippen LogP contribution < -0.4 is 5.32 Å². The van der Waals surface area contributed by atoms with E-state index in [0.29, 0.717) is 6.54 Å². The number of aryl methyl sites for hydroxylation is 1. The lowest BCUT2D eigenvalue weighted by Crippen LogP contribution is -2.16. The highest BCUT2D eigenvalue weighted by atomic mass is 16.5. The number of nitrogens with zero attached hydrogens (tertiary/aromatic N) is 3. The van der Waals surface area contributed by atoms with Gasteiger partial charge in [-0.3, -0.25) is 4.98 Å². The van der Waals surface area contributed by atoms with E-state index >= 15 is 0 Å². The van der Waals surface area contributed by atoms with E-state index in [1.165, 1.54) is 11.1 Å².